The Labute approximate surface area is 122 Å². The van der Waals surface area contributed by atoms with Crippen molar-refractivity contribution in [3.63, 3.8) is 0 Å². The number of rotatable bonds is 3. The van der Waals surface area contributed by atoms with Gasteiger partial charge in [-0.3, -0.25) is 14.9 Å². The second-order valence-electron chi connectivity index (χ2n) is 5.25. The largest absolute Gasteiger partial charge is 0.508 e. The van der Waals surface area contributed by atoms with Crippen LogP contribution in [0.3, 0.4) is 0 Å². The smallest absolute Gasteiger partial charge is 0.282 e. The third kappa shape index (κ3) is 3.13. The number of carbonyl (C=O) groups excluding carboxylic acids is 1. The molecule has 2 rings (SSSR count). The molecule has 0 saturated carbocycles. The summed E-state index contributed by atoms with van der Waals surface area (Å²) in [6.45, 7) is 2.96. The van der Waals surface area contributed by atoms with E-state index in [4.69, 9.17) is 4.74 Å². The van der Waals surface area contributed by atoms with Gasteiger partial charge in [-0.1, -0.05) is 6.92 Å². The Hall–Kier alpha value is -2.15. The molecule has 0 aromatic heterocycles. The summed E-state index contributed by atoms with van der Waals surface area (Å²) in [4.78, 5) is 24.4. The van der Waals surface area contributed by atoms with Crippen molar-refractivity contribution in [2.24, 2.45) is 5.92 Å². The minimum atomic E-state index is -0.618. The predicted octanol–water partition coefficient (Wildman–Crippen LogP) is 1.80. The van der Waals surface area contributed by atoms with E-state index in [0.29, 0.717) is 19.0 Å². The molecule has 1 N–H and O–H groups in total. The summed E-state index contributed by atoms with van der Waals surface area (Å²) in [5.41, 5.74) is -0.394. The van der Waals surface area contributed by atoms with Crippen LogP contribution >= 0.6 is 0 Å². The predicted molar refractivity (Wildman–Crippen MR) is 75.2 cm³/mol. The normalized spacial score (nSPS) is 22.1. The number of nitro groups is 1. The highest BCUT2D eigenvalue weighted by Gasteiger charge is 2.32. The van der Waals surface area contributed by atoms with Crippen LogP contribution in [0.1, 0.15) is 23.7 Å². The summed E-state index contributed by atoms with van der Waals surface area (Å²) in [5.74, 6) is -0.289. The van der Waals surface area contributed by atoms with Crippen molar-refractivity contribution in [2.75, 3.05) is 20.2 Å². The molecule has 1 aromatic carbocycles. The van der Waals surface area contributed by atoms with Gasteiger partial charge in [-0.2, -0.15) is 0 Å². The fourth-order valence-corrected chi connectivity index (χ4v) is 2.55. The Morgan fingerprint density at radius 1 is 1.52 bits per heavy atom. The van der Waals surface area contributed by atoms with Crippen LogP contribution in [0.5, 0.6) is 5.75 Å². The molecule has 0 bridgehead atoms. The lowest BCUT2D eigenvalue weighted by Gasteiger charge is -2.36. The molecule has 114 valence electrons. The summed E-state index contributed by atoms with van der Waals surface area (Å²) in [5, 5.41) is 20.5. The van der Waals surface area contributed by atoms with Crippen LogP contribution in [-0.4, -0.2) is 47.1 Å². The maximum atomic E-state index is 12.5. The highest BCUT2D eigenvalue weighted by molar-refractivity contribution is 5.98. The van der Waals surface area contributed by atoms with Gasteiger partial charge in [0.15, 0.2) is 0 Å². The van der Waals surface area contributed by atoms with Gasteiger partial charge in [-0.05, 0) is 24.5 Å². The van der Waals surface area contributed by atoms with E-state index in [1.165, 1.54) is 11.0 Å². The number of benzene rings is 1. The standard InChI is InChI=1S/C14H18N2O5/c1-9-5-6-15(8-13(9)21-2)14(18)11-7-10(17)3-4-12(11)16(19)20/h3-4,7,9,13,17H,5-6,8H2,1-2H3. The first-order valence-corrected chi connectivity index (χ1v) is 6.73. The third-order valence-corrected chi connectivity index (χ3v) is 3.89. The van der Waals surface area contributed by atoms with Crippen molar-refractivity contribution in [2.45, 2.75) is 19.4 Å². The summed E-state index contributed by atoms with van der Waals surface area (Å²) < 4.78 is 5.34. The first-order valence-electron chi connectivity index (χ1n) is 6.73. The van der Waals surface area contributed by atoms with E-state index in [-0.39, 0.29) is 23.1 Å². The molecule has 2 atom stereocenters. The Bertz CT molecular complexity index is 560. The number of methoxy groups -OCH3 is 1. The molecule has 0 aliphatic carbocycles. The Morgan fingerprint density at radius 3 is 2.86 bits per heavy atom. The van der Waals surface area contributed by atoms with E-state index in [1.54, 1.807) is 7.11 Å². The van der Waals surface area contributed by atoms with Crippen molar-refractivity contribution in [1.29, 1.82) is 0 Å². The molecule has 21 heavy (non-hydrogen) atoms. The topological polar surface area (TPSA) is 92.9 Å². The zero-order chi connectivity index (χ0) is 15.6. The zero-order valence-corrected chi connectivity index (χ0v) is 12.0. The lowest BCUT2D eigenvalue weighted by Crippen LogP contribution is -2.46. The van der Waals surface area contributed by atoms with E-state index in [9.17, 15) is 20.0 Å². The third-order valence-electron chi connectivity index (χ3n) is 3.89. The summed E-state index contributed by atoms with van der Waals surface area (Å²) >= 11 is 0. The number of ether oxygens (including phenoxy) is 1. The van der Waals surface area contributed by atoms with Crippen LogP contribution in [0.15, 0.2) is 18.2 Å². The van der Waals surface area contributed by atoms with Crippen molar-refractivity contribution < 1.29 is 19.6 Å². The highest BCUT2D eigenvalue weighted by Crippen LogP contribution is 2.27. The monoisotopic (exact) mass is 294 g/mol. The second kappa shape index (κ2) is 6.09. The minimum absolute atomic E-state index is 0.0842. The average molecular weight is 294 g/mol. The summed E-state index contributed by atoms with van der Waals surface area (Å²) in [6, 6.07) is 3.48. The average Bonchev–Trinajstić information content (AvgIpc) is 2.46. The molecule has 1 aliphatic heterocycles. The fourth-order valence-electron chi connectivity index (χ4n) is 2.55. The number of hydrogen-bond donors (Lipinski definition) is 1. The maximum absolute atomic E-state index is 12.5. The van der Waals surface area contributed by atoms with Gasteiger partial charge >= 0.3 is 0 Å². The Kier molecular flexibility index (Phi) is 4.42. The summed E-state index contributed by atoms with van der Waals surface area (Å²) in [6.07, 6.45) is 0.690. The van der Waals surface area contributed by atoms with Gasteiger partial charge < -0.3 is 14.7 Å². The molecule has 1 aromatic rings. The Balaban J connectivity index is 2.28. The second-order valence-corrected chi connectivity index (χ2v) is 5.25. The minimum Gasteiger partial charge on any atom is -0.508 e. The molecular formula is C14H18N2O5. The van der Waals surface area contributed by atoms with Crippen molar-refractivity contribution in [1.82, 2.24) is 4.90 Å². The maximum Gasteiger partial charge on any atom is 0.282 e. The number of amides is 1. The molecule has 7 heteroatoms. The van der Waals surface area contributed by atoms with Crippen molar-refractivity contribution in [3.8, 4) is 5.75 Å². The fraction of sp³-hybridized carbons (Fsp3) is 0.500. The van der Waals surface area contributed by atoms with Crippen molar-refractivity contribution >= 4 is 11.6 Å². The zero-order valence-electron chi connectivity index (χ0n) is 12.0. The van der Waals surface area contributed by atoms with Gasteiger partial charge in [0.05, 0.1) is 11.0 Å². The van der Waals surface area contributed by atoms with Crippen LogP contribution in [0.4, 0.5) is 5.69 Å². The number of nitro benzene ring substituents is 1. The Morgan fingerprint density at radius 2 is 2.24 bits per heavy atom. The molecule has 1 aliphatic rings. The van der Waals surface area contributed by atoms with Gasteiger partial charge in [-0.15, -0.1) is 0 Å². The molecule has 1 amide bonds. The number of nitrogens with zero attached hydrogens (tertiary/aromatic N) is 2. The molecule has 0 radical (unpaired) electrons. The molecule has 1 saturated heterocycles. The van der Waals surface area contributed by atoms with Crippen LogP contribution in [0.25, 0.3) is 0 Å². The lowest BCUT2D eigenvalue weighted by molar-refractivity contribution is -0.385. The van der Waals surface area contributed by atoms with E-state index in [1.807, 2.05) is 6.92 Å². The first kappa shape index (κ1) is 15.2. The number of hydrogen-bond acceptors (Lipinski definition) is 5. The highest BCUT2D eigenvalue weighted by atomic mass is 16.6. The molecule has 0 spiro atoms. The van der Waals surface area contributed by atoms with Gasteiger partial charge in [0.1, 0.15) is 11.3 Å². The molecular weight excluding hydrogens is 276 g/mol. The molecule has 2 unspecified atom stereocenters. The van der Waals surface area contributed by atoms with Gasteiger partial charge in [0.2, 0.25) is 0 Å². The van der Waals surface area contributed by atoms with Crippen molar-refractivity contribution in [3.05, 3.63) is 33.9 Å². The van der Waals surface area contributed by atoms with Crippen LogP contribution in [0.2, 0.25) is 0 Å². The first-order chi connectivity index (χ1) is 9.93. The van der Waals surface area contributed by atoms with Crippen LogP contribution < -0.4 is 0 Å². The van der Waals surface area contributed by atoms with E-state index in [2.05, 4.69) is 0 Å². The van der Waals surface area contributed by atoms with E-state index < -0.39 is 10.8 Å². The van der Waals surface area contributed by atoms with Crippen LogP contribution in [-0.2, 0) is 4.74 Å². The number of phenols is 1. The van der Waals surface area contributed by atoms with Gasteiger partial charge in [0, 0.05) is 26.3 Å². The van der Waals surface area contributed by atoms with Gasteiger partial charge in [-0.25, -0.2) is 0 Å². The molecule has 1 fully saturated rings. The number of likely N-dealkylation sites (tertiary alicyclic amines) is 1. The van der Waals surface area contributed by atoms with E-state index in [0.717, 1.165) is 18.6 Å². The lowest BCUT2D eigenvalue weighted by atomic mass is 9.95. The quantitative estimate of drug-likeness (QED) is 0.677. The SMILES string of the molecule is COC1CN(C(=O)c2cc(O)ccc2[N+](=O)[O-])CCC1C. The molecule has 7 nitrogen and oxygen atoms in total. The van der Waals surface area contributed by atoms with E-state index >= 15 is 0 Å². The summed E-state index contributed by atoms with van der Waals surface area (Å²) in [7, 11) is 1.59. The number of aromatic hydroxyl groups is 1. The number of piperidine rings is 1. The molecule has 1 heterocycles. The van der Waals surface area contributed by atoms with Gasteiger partial charge in [0.25, 0.3) is 11.6 Å². The number of carbonyl (C=O) groups is 1. The van der Waals surface area contributed by atoms with Crippen LogP contribution in [0, 0.1) is 16.0 Å². The number of phenolic OH excluding ortho intramolecular Hbond substituents is 1.